The van der Waals surface area contributed by atoms with Crippen LogP contribution < -0.4 is 0 Å². The van der Waals surface area contributed by atoms with Crippen LogP contribution in [0.25, 0.3) is 0 Å². The summed E-state index contributed by atoms with van der Waals surface area (Å²) in [4.78, 5) is 3.41. The third-order valence-corrected chi connectivity index (χ3v) is 2.43. The first-order valence-electron chi connectivity index (χ1n) is 4.19. The van der Waals surface area contributed by atoms with Crippen LogP contribution in [0.2, 0.25) is 0 Å². The molecule has 0 fully saturated rings. The fourth-order valence-electron chi connectivity index (χ4n) is 1.45. The van der Waals surface area contributed by atoms with Crippen molar-refractivity contribution >= 4 is 0 Å². The molecule has 1 N–H and O–H groups in total. The summed E-state index contributed by atoms with van der Waals surface area (Å²) in [7, 11) is 0. The minimum absolute atomic E-state index is 0.613. The lowest BCUT2D eigenvalue weighted by atomic mass is 10.0. The molecule has 1 aromatic heterocycles. The van der Waals surface area contributed by atoms with E-state index >= 15 is 0 Å². The van der Waals surface area contributed by atoms with E-state index in [-0.39, 0.29) is 0 Å². The molecule has 0 radical (unpaired) electrons. The standard InChI is InChI=1S/C10H17N/c1-6(2)10-8(4)7(3)9(5)11-10/h6,11H,1-5H3. The van der Waals surface area contributed by atoms with E-state index in [2.05, 4.69) is 39.6 Å². The van der Waals surface area contributed by atoms with Gasteiger partial charge in [-0.15, -0.1) is 0 Å². The molecule has 0 bridgehead atoms. The molecule has 1 aromatic rings. The highest BCUT2D eigenvalue weighted by Gasteiger charge is 2.09. The molecule has 0 saturated heterocycles. The van der Waals surface area contributed by atoms with Crippen molar-refractivity contribution in [3.05, 3.63) is 22.5 Å². The van der Waals surface area contributed by atoms with Crippen LogP contribution in [0.4, 0.5) is 0 Å². The van der Waals surface area contributed by atoms with Crippen LogP contribution in [0.5, 0.6) is 0 Å². The first-order chi connectivity index (χ1) is 5.04. The van der Waals surface area contributed by atoms with Crippen molar-refractivity contribution in [1.82, 2.24) is 4.98 Å². The van der Waals surface area contributed by atoms with Gasteiger partial charge in [0.2, 0.25) is 0 Å². The number of hydrogen-bond donors (Lipinski definition) is 1. The van der Waals surface area contributed by atoms with Crippen molar-refractivity contribution in [2.45, 2.75) is 40.5 Å². The molecule has 1 heteroatoms. The van der Waals surface area contributed by atoms with E-state index in [4.69, 9.17) is 0 Å². The van der Waals surface area contributed by atoms with Crippen LogP contribution >= 0.6 is 0 Å². The molecule has 62 valence electrons. The summed E-state index contributed by atoms with van der Waals surface area (Å²) in [5.74, 6) is 0.613. The average molecular weight is 151 g/mol. The third kappa shape index (κ3) is 1.32. The Morgan fingerprint density at radius 3 is 1.73 bits per heavy atom. The zero-order valence-electron chi connectivity index (χ0n) is 8.08. The Bertz CT molecular complexity index is 256. The average Bonchev–Trinajstić information content (AvgIpc) is 2.17. The largest absolute Gasteiger partial charge is 0.362 e. The highest BCUT2D eigenvalue weighted by atomic mass is 14.7. The third-order valence-electron chi connectivity index (χ3n) is 2.43. The molecular formula is C10H17N. The summed E-state index contributed by atoms with van der Waals surface area (Å²) >= 11 is 0. The molecule has 11 heavy (non-hydrogen) atoms. The van der Waals surface area contributed by atoms with Gasteiger partial charge in [0.1, 0.15) is 0 Å². The maximum Gasteiger partial charge on any atom is 0.0207 e. The molecule has 0 unspecified atom stereocenters. The normalized spacial score (nSPS) is 11.1. The summed E-state index contributed by atoms with van der Waals surface area (Å²) in [5.41, 5.74) is 5.54. The van der Waals surface area contributed by atoms with Crippen LogP contribution in [0.1, 0.15) is 42.3 Å². The SMILES string of the molecule is Cc1[nH]c(C(C)C)c(C)c1C. The van der Waals surface area contributed by atoms with Gasteiger partial charge in [-0.1, -0.05) is 13.8 Å². The van der Waals surface area contributed by atoms with Gasteiger partial charge in [-0.3, -0.25) is 0 Å². The number of nitrogens with one attached hydrogen (secondary N) is 1. The van der Waals surface area contributed by atoms with Crippen LogP contribution in [-0.2, 0) is 0 Å². The number of aromatic amines is 1. The molecule has 0 atom stereocenters. The smallest absolute Gasteiger partial charge is 0.0207 e. The Morgan fingerprint density at radius 1 is 1.00 bits per heavy atom. The van der Waals surface area contributed by atoms with Gasteiger partial charge in [0.25, 0.3) is 0 Å². The lowest BCUT2D eigenvalue weighted by Crippen LogP contribution is -1.89. The molecule has 0 aliphatic carbocycles. The quantitative estimate of drug-likeness (QED) is 0.635. The Morgan fingerprint density at radius 2 is 1.55 bits per heavy atom. The van der Waals surface area contributed by atoms with E-state index in [0.717, 1.165) is 0 Å². The maximum atomic E-state index is 3.41. The number of aromatic nitrogens is 1. The molecule has 0 spiro atoms. The highest BCUT2D eigenvalue weighted by Crippen LogP contribution is 2.22. The molecule has 1 nitrogen and oxygen atoms in total. The topological polar surface area (TPSA) is 15.8 Å². The predicted molar refractivity (Wildman–Crippen MR) is 49.1 cm³/mol. The van der Waals surface area contributed by atoms with Crippen LogP contribution in [0, 0.1) is 20.8 Å². The molecule has 0 amide bonds. The van der Waals surface area contributed by atoms with Gasteiger partial charge in [0.05, 0.1) is 0 Å². The van der Waals surface area contributed by atoms with Gasteiger partial charge in [0.15, 0.2) is 0 Å². The predicted octanol–water partition coefficient (Wildman–Crippen LogP) is 3.06. The first-order valence-corrected chi connectivity index (χ1v) is 4.19. The van der Waals surface area contributed by atoms with Gasteiger partial charge in [-0.05, 0) is 37.8 Å². The van der Waals surface area contributed by atoms with E-state index in [1.165, 1.54) is 22.5 Å². The second kappa shape index (κ2) is 2.72. The Kier molecular flexibility index (Phi) is 2.08. The Balaban J connectivity index is 3.19. The number of hydrogen-bond acceptors (Lipinski definition) is 0. The number of H-pyrrole nitrogens is 1. The first kappa shape index (κ1) is 8.38. The summed E-state index contributed by atoms with van der Waals surface area (Å²) in [6, 6.07) is 0. The second-order valence-electron chi connectivity index (χ2n) is 3.57. The summed E-state index contributed by atoms with van der Waals surface area (Å²) in [6.45, 7) is 10.9. The van der Waals surface area contributed by atoms with E-state index in [0.29, 0.717) is 5.92 Å². The summed E-state index contributed by atoms with van der Waals surface area (Å²) in [5, 5.41) is 0. The van der Waals surface area contributed by atoms with Crippen LogP contribution in [-0.4, -0.2) is 4.98 Å². The van der Waals surface area contributed by atoms with Gasteiger partial charge < -0.3 is 4.98 Å². The molecular weight excluding hydrogens is 134 g/mol. The van der Waals surface area contributed by atoms with Crippen molar-refractivity contribution in [2.75, 3.05) is 0 Å². The Labute approximate surface area is 68.8 Å². The molecule has 0 aromatic carbocycles. The lowest BCUT2D eigenvalue weighted by Gasteiger charge is -2.02. The van der Waals surface area contributed by atoms with E-state index in [1.807, 2.05) is 0 Å². The zero-order chi connectivity index (χ0) is 8.59. The second-order valence-corrected chi connectivity index (χ2v) is 3.57. The van der Waals surface area contributed by atoms with Crippen molar-refractivity contribution in [2.24, 2.45) is 0 Å². The lowest BCUT2D eigenvalue weighted by molar-refractivity contribution is 0.820. The van der Waals surface area contributed by atoms with E-state index in [9.17, 15) is 0 Å². The summed E-state index contributed by atoms with van der Waals surface area (Å²) in [6.07, 6.45) is 0. The van der Waals surface area contributed by atoms with Crippen LogP contribution in [0.15, 0.2) is 0 Å². The van der Waals surface area contributed by atoms with Crippen molar-refractivity contribution in [3.8, 4) is 0 Å². The molecule has 1 rings (SSSR count). The number of rotatable bonds is 1. The monoisotopic (exact) mass is 151 g/mol. The van der Waals surface area contributed by atoms with Crippen molar-refractivity contribution in [1.29, 1.82) is 0 Å². The Hall–Kier alpha value is -0.720. The minimum Gasteiger partial charge on any atom is -0.362 e. The molecule has 1 heterocycles. The van der Waals surface area contributed by atoms with Crippen molar-refractivity contribution in [3.63, 3.8) is 0 Å². The summed E-state index contributed by atoms with van der Waals surface area (Å²) < 4.78 is 0. The van der Waals surface area contributed by atoms with Gasteiger partial charge >= 0.3 is 0 Å². The highest BCUT2D eigenvalue weighted by molar-refractivity contribution is 5.35. The molecule has 0 aliphatic rings. The van der Waals surface area contributed by atoms with Crippen LogP contribution in [0.3, 0.4) is 0 Å². The van der Waals surface area contributed by atoms with Gasteiger partial charge in [0, 0.05) is 11.4 Å². The van der Waals surface area contributed by atoms with Gasteiger partial charge in [-0.25, -0.2) is 0 Å². The van der Waals surface area contributed by atoms with E-state index in [1.54, 1.807) is 0 Å². The number of aryl methyl sites for hydroxylation is 1. The minimum atomic E-state index is 0.613. The molecule has 0 saturated carbocycles. The van der Waals surface area contributed by atoms with Gasteiger partial charge in [-0.2, -0.15) is 0 Å². The molecule has 0 aliphatic heterocycles. The zero-order valence-corrected chi connectivity index (χ0v) is 8.08. The maximum absolute atomic E-state index is 3.41. The van der Waals surface area contributed by atoms with E-state index < -0.39 is 0 Å². The van der Waals surface area contributed by atoms with Crippen molar-refractivity contribution < 1.29 is 0 Å². The fourth-order valence-corrected chi connectivity index (χ4v) is 1.45. The fraction of sp³-hybridized carbons (Fsp3) is 0.600.